The van der Waals surface area contributed by atoms with Gasteiger partial charge in [-0.25, -0.2) is 4.98 Å². The minimum Gasteiger partial charge on any atom is -0.508 e. The molecule has 3 aromatic rings. The lowest BCUT2D eigenvalue weighted by Gasteiger charge is -2.27. The number of rotatable bonds is 2. The molecule has 2 aromatic heterocycles. The first-order chi connectivity index (χ1) is 12.5. The summed E-state index contributed by atoms with van der Waals surface area (Å²) in [4.78, 5) is 19.7. The second-order valence-corrected chi connectivity index (χ2v) is 6.63. The number of piperazine rings is 1. The molecule has 4 rings (SSSR count). The number of nitrogens with zero attached hydrogens (tertiary/aromatic N) is 3. The van der Waals surface area contributed by atoms with Crippen LogP contribution in [0.4, 0.5) is 0 Å². The van der Waals surface area contributed by atoms with E-state index in [2.05, 4.69) is 20.5 Å². The molecule has 0 atom stereocenters. The van der Waals surface area contributed by atoms with Crippen molar-refractivity contribution in [3.8, 4) is 17.0 Å². The number of aromatic hydroxyl groups is 1. The van der Waals surface area contributed by atoms with Gasteiger partial charge >= 0.3 is 0 Å². The Kier molecular flexibility index (Phi) is 4.08. The van der Waals surface area contributed by atoms with E-state index in [4.69, 9.17) is 0 Å². The molecule has 26 heavy (non-hydrogen) atoms. The Morgan fingerprint density at radius 2 is 1.96 bits per heavy atom. The van der Waals surface area contributed by atoms with Crippen molar-refractivity contribution in [1.29, 1.82) is 0 Å². The third-order valence-electron chi connectivity index (χ3n) is 4.83. The third-order valence-corrected chi connectivity index (χ3v) is 4.83. The quantitative estimate of drug-likeness (QED) is 0.656. The van der Waals surface area contributed by atoms with E-state index in [9.17, 15) is 9.90 Å². The second-order valence-electron chi connectivity index (χ2n) is 6.63. The van der Waals surface area contributed by atoms with Crippen LogP contribution in [-0.4, -0.2) is 57.3 Å². The number of pyridine rings is 1. The minimum absolute atomic E-state index is 0.00100. The standard InChI is InChI=1S/C19H21N5O2/c1-11-9-13(25)3-4-14(11)16-10-15(17-12(2)22-23-18(17)21-16)19(26)24-7-5-20-6-8-24/h3-4,9-10,20,25H,5-8H2,1-2H3,(H,21,22,23). The highest BCUT2D eigenvalue weighted by molar-refractivity contribution is 6.07. The summed E-state index contributed by atoms with van der Waals surface area (Å²) in [6.07, 6.45) is 0. The van der Waals surface area contributed by atoms with Crippen LogP contribution in [-0.2, 0) is 0 Å². The number of aryl methyl sites for hydroxylation is 2. The van der Waals surface area contributed by atoms with Gasteiger partial charge in [0.1, 0.15) is 5.75 Å². The maximum absolute atomic E-state index is 13.2. The molecule has 3 heterocycles. The molecule has 0 spiro atoms. The number of benzene rings is 1. The van der Waals surface area contributed by atoms with E-state index < -0.39 is 0 Å². The van der Waals surface area contributed by atoms with Crippen molar-refractivity contribution in [2.45, 2.75) is 13.8 Å². The van der Waals surface area contributed by atoms with Crippen LogP contribution in [0.2, 0.25) is 0 Å². The largest absolute Gasteiger partial charge is 0.508 e. The van der Waals surface area contributed by atoms with E-state index in [0.717, 1.165) is 35.3 Å². The van der Waals surface area contributed by atoms with Crippen LogP contribution < -0.4 is 5.32 Å². The van der Waals surface area contributed by atoms with Gasteiger partial charge in [0, 0.05) is 31.7 Å². The number of carbonyl (C=O) groups excluding carboxylic acids is 1. The van der Waals surface area contributed by atoms with Gasteiger partial charge in [-0.3, -0.25) is 9.89 Å². The monoisotopic (exact) mass is 351 g/mol. The summed E-state index contributed by atoms with van der Waals surface area (Å²) in [6.45, 7) is 6.76. The molecule has 0 unspecified atom stereocenters. The summed E-state index contributed by atoms with van der Waals surface area (Å²) in [6, 6.07) is 6.98. The Bertz CT molecular complexity index is 989. The average Bonchev–Trinajstić information content (AvgIpc) is 3.02. The number of carbonyl (C=O) groups is 1. The van der Waals surface area contributed by atoms with Gasteiger partial charge in [0.2, 0.25) is 0 Å². The van der Waals surface area contributed by atoms with Crippen LogP contribution in [0.5, 0.6) is 5.75 Å². The summed E-state index contributed by atoms with van der Waals surface area (Å²) < 4.78 is 0. The Balaban J connectivity index is 1.87. The molecule has 134 valence electrons. The molecule has 1 saturated heterocycles. The van der Waals surface area contributed by atoms with Gasteiger partial charge in [-0.05, 0) is 43.7 Å². The zero-order valence-corrected chi connectivity index (χ0v) is 14.8. The molecule has 3 N–H and O–H groups in total. The van der Waals surface area contributed by atoms with E-state index >= 15 is 0 Å². The highest BCUT2D eigenvalue weighted by Crippen LogP contribution is 2.30. The lowest BCUT2D eigenvalue weighted by atomic mass is 10.0. The van der Waals surface area contributed by atoms with Crippen LogP contribution >= 0.6 is 0 Å². The van der Waals surface area contributed by atoms with Crippen molar-refractivity contribution in [1.82, 2.24) is 25.4 Å². The molecule has 1 aliphatic heterocycles. The lowest BCUT2D eigenvalue weighted by Crippen LogP contribution is -2.46. The van der Waals surface area contributed by atoms with E-state index in [-0.39, 0.29) is 11.7 Å². The molecule has 0 radical (unpaired) electrons. The van der Waals surface area contributed by atoms with Gasteiger partial charge in [0.25, 0.3) is 5.91 Å². The number of phenolic OH excluding ortho intramolecular Hbond substituents is 1. The Labute approximate surface area is 151 Å². The Hall–Kier alpha value is -2.93. The molecule has 1 aliphatic rings. The third kappa shape index (κ3) is 2.80. The molecule has 1 aromatic carbocycles. The van der Waals surface area contributed by atoms with Crippen LogP contribution in [0.3, 0.4) is 0 Å². The highest BCUT2D eigenvalue weighted by Gasteiger charge is 2.23. The summed E-state index contributed by atoms with van der Waals surface area (Å²) in [7, 11) is 0. The molecule has 0 aliphatic carbocycles. The summed E-state index contributed by atoms with van der Waals surface area (Å²) in [5.74, 6) is 0.211. The molecule has 0 saturated carbocycles. The predicted molar refractivity (Wildman–Crippen MR) is 99.2 cm³/mol. The molecular formula is C19H21N5O2. The van der Waals surface area contributed by atoms with E-state index in [1.807, 2.05) is 30.9 Å². The minimum atomic E-state index is 0.00100. The predicted octanol–water partition coefficient (Wildman–Crippen LogP) is 1.99. The number of aromatic amines is 1. The number of hydrogen-bond acceptors (Lipinski definition) is 5. The fraction of sp³-hybridized carbons (Fsp3) is 0.316. The fourth-order valence-electron chi connectivity index (χ4n) is 3.47. The van der Waals surface area contributed by atoms with E-state index in [1.165, 1.54) is 0 Å². The summed E-state index contributed by atoms with van der Waals surface area (Å²) in [5.41, 5.74) is 4.45. The van der Waals surface area contributed by atoms with Crippen molar-refractivity contribution in [3.05, 3.63) is 41.1 Å². The molecular weight excluding hydrogens is 330 g/mol. The zero-order chi connectivity index (χ0) is 18.3. The van der Waals surface area contributed by atoms with Gasteiger partial charge < -0.3 is 15.3 Å². The smallest absolute Gasteiger partial charge is 0.254 e. The summed E-state index contributed by atoms with van der Waals surface area (Å²) in [5, 5.41) is 20.9. The van der Waals surface area contributed by atoms with Gasteiger partial charge in [-0.15, -0.1) is 0 Å². The molecule has 1 fully saturated rings. The first kappa shape index (κ1) is 16.5. The molecule has 1 amide bonds. The Morgan fingerprint density at radius 3 is 2.69 bits per heavy atom. The van der Waals surface area contributed by atoms with E-state index in [0.29, 0.717) is 30.0 Å². The first-order valence-electron chi connectivity index (χ1n) is 8.70. The number of nitrogens with one attached hydrogen (secondary N) is 2. The molecule has 7 heteroatoms. The van der Waals surface area contributed by atoms with Gasteiger partial charge in [-0.1, -0.05) is 0 Å². The van der Waals surface area contributed by atoms with Crippen molar-refractivity contribution in [2.24, 2.45) is 0 Å². The zero-order valence-electron chi connectivity index (χ0n) is 14.8. The number of phenols is 1. The van der Waals surface area contributed by atoms with Crippen LogP contribution in [0.1, 0.15) is 21.6 Å². The second kappa shape index (κ2) is 6.42. The number of hydrogen-bond donors (Lipinski definition) is 3. The summed E-state index contributed by atoms with van der Waals surface area (Å²) >= 11 is 0. The van der Waals surface area contributed by atoms with Crippen LogP contribution in [0.15, 0.2) is 24.3 Å². The highest BCUT2D eigenvalue weighted by atomic mass is 16.3. The van der Waals surface area contributed by atoms with Crippen LogP contribution in [0, 0.1) is 13.8 Å². The average molecular weight is 351 g/mol. The first-order valence-corrected chi connectivity index (χ1v) is 8.70. The lowest BCUT2D eigenvalue weighted by molar-refractivity contribution is 0.0737. The van der Waals surface area contributed by atoms with Crippen molar-refractivity contribution >= 4 is 16.9 Å². The maximum Gasteiger partial charge on any atom is 0.254 e. The van der Waals surface area contributed by atoms with E-state index in [1.54, 1.807) is 12.1 Å². The topological polar surface area (TPSA) is 94.1 Å². The molecule has 0 bridgehead atoms. The van der Waals surface area contributed by atoms with Gasteiger partial charge in [0.05, 0.1) is 22.3 Å². The SMILES string of the molecule is Cc1cc(O)ccc1-c1cc(C(=O)N2CCNCC2)c2c(C)n[nH]c2n1. The van der Waals surface area contributed by atoms with Crippen LogP contribution in [0.25, 0.3) is 22.3 Å². The Morgan fingerprint density at radius 1 is 1.19 bits per heavy atom. The fourth-order valence-corrected chi connectivity index (χ4v) is 3.47. The van der Waals surface area contributed by atoms with Crippen molar-refractivity contribution in [3.63, 3.8) is 0 Å². The molecule has 7 nitrogen and oxygen atoms in total. The number of amides is 1. The van der Waals surface area contributed by atoms with Crippen molar-refractivity contribution in [2.75, 3.05) is 26.2 Å². The number of H-pyrrole nitrogens is 1. The van der Waals surface area contributed by atoms with Crippen molar-refractivity contribution < 1.29 is 9.90 Å². The van der Waals surface area contributed by atoms with Gasteiger partial charge in [0.15, 0.2) is 5.65 Å². The number of aromatic nitrogens is 3. The number of fused-ring (bicyclic) bond motifs is 1. The maximum atomic E-state index is 13.2. The van der Waals surface area contributed by atoms with Gasteiger partial charge in [-0.2, -0.15) is 5.10 Å². The normalized spacial score (nSPS) is 14.8.